The second-order valence-corrected chi connectivity index (χ2v) is 22.4. The summed E-state index contributed by atoms with van der Waals surface area (Å²) in [7, 11) is -5.08. The fraction of sp³-hybridized carbons (Fsp3) is 0.0638. The number of nitrogens with one attached hydrogen (secondary N) is 1. The van der Waals surface area contributed by atoms with Gasteiger partial charge in [-0.2, -0.15) is 34.8 Å². The van der Waals surface area contributed by atoms with E-state index < -0.39 is 63.3 Å². The molecule has 0 amide bonds. The van der Waals surface area contributed by atoms with Crippen molar-refractivity contribution in [2.45, 2.75) is 11.0 Å². The molecule has 0 bridgehead atoms. The van der Waals surface area contributed by atoms with Crippen LogP contribution in [0.25, 0.3) is 0 Å². The van der Waals surface area contributed by atoms with Gasteiger partial charge in [0, 0.05) is 0 Å². The number of hydrogen-bond donors (Lipinski definition) is 2. The summed E-state index contributed by atoms with van der Waals surface area (Å²) in [5, 5.41) is 11.5. The molecule has 0 saturated heterocycles. The summed E-state index contributed by atoms with van der Waals surface area (Å²) in [6.07, 6.45) is 0. The van der Waals surface area contributed by atoms with Crippen molar-refractivity contribution in [2.75, 3.05) is 7.05 Å². The summed E-state index contributed by atoms with van der Waals surface area (Å²) < 4.78 is 125. The molecule has 67 heavy (non-hydrogen) atoms. The maximum atomic E-state index is 10.7. The van der Waals surface area contributed by atoms with Crippen molar-refractivity contribution in [3.05, 3.63) is 225 Å². The Bertz CT molecular complexity index is 2370. The molecule has 0 saturated carbocycles. The second kappa shape index (κ2) is 29.9. The molecule has 0 aromatic heterocycles. The first kappa shape index (κ1) is 58.4. The summed E-state index contributed by atoms with van der Waals surface area (Å²) in [4.78, 5) is 0. The van der Waals surface area contributed by atoms with Crippen LogP contribution in [0.3, 0.4) is 0 Å². The third-order valence-electron chi connectivity index (χ3n) is 7.95. The van der Waals surface area contributed by atoms with Crippen LogP contribution in [-0.4, -0.2) is 48.2 Å². The molecule has 2 N–H and O–H groups in total. The Labute approximate surface area is 400 Å². The molecule has 20 heteroatoms. The van der Waals surface area contributed by atoms with Crippen molar-refractivity contribution in [1.29, 1.82) is 0 Å². The summed E-state index contributed by atoms with van der Waals surface area (Å²) in [5.74, 6) is 0. The molecule has 0 atom stereocenters. The average Bonchev–Trinajstić information content (AvgIpc) is 3.32. The number of rotatable bonds is 8. The minimum atomic E-state index is -6.09. The van der Waals surface area contributed by atoms with E-state index in [1.165, 1.54) is 41.5 Å². The first-order chi connectivity index (χ1) is 31.8. The van der Waals surface area contributed by atoms with Crippen LogP contribution >= 0.6 is 25.4 Å². The second-order valence-electron chi connectivity index (χ2n) is 12.5. The molecule has 7 aromatic rings. The zero-order valence-electron chi connectivity index (χ0n) is 34.8. The SMILES string of the molecule is CN[C](=[Ir][Cl])c1ccccc1.O=S(=O)(O)C(F)(F)F.O=S(=O)([O-])C(F)(F)F.[C-]#[O+].c1ccc(P(c2ccccc2)c2ccccc2)cc1.c1ccc(P(c2ccccc2)c2ccccc2)cc1. The van der Waals surface area contributed by atoms with Crippen molar-refractivity contribution in [3.8, 4) is 0 Å². The van der Waals surface area contributed by atoms with Gasteiger partial charge in [-0.25, -0.2) is 8.42 Å². The standard InChI is InChI=1S/2C18H15P.C8H9N.2CHF3O3S.CO.ClH.Ir/c2*1-4-10-16(11-5-1)19(17-12-6-2-7-13-17)18-14-8-3-9-15-18;1-9-7-8-5-3-2-4-6-8;2*2-1(3,4)8(5,6)7;1-2;;/h2*1-15H;2-6,9H,1H3;2*(H,5,6,7);;1H;/q;;;;;;;+1/p-2. The third-order valence-corrected chi connectivity index (χ3v) is 16.8. The maximum Gasteiger partial charge on any atom is -0.0134 e. The van der Waals surface area contributed by atoms with E-state index in [4.69, 9.17) is 40.2 Å². The molecule has 8 nitrogen and oxygen atoms in total. The number of benzene rings is 7. The Morgan fingerprint density at radius 1 is 0.507 bits per heavy atom. The minimum absolute atomic E-state index is 0.446. The molecule has 0 aliphatic heterocycles. The molecule has 356 valence electrons. The molecule has 0 aliphatic rings. The zero-order chi connectivity index (χ0) is 49.9. The van der Waals surface area contributed by atoms with Crippen molar-refractivity contribution in [3.63, 3.8) is 0 Å². The fourth-order valence-corrected chi connectivity index (χ4v) is 11.8. The Hall–Kier alpha value is -4.69. The van der Waals surface area contributed by atoms with Crippen LogP contribution in [0.2, 0.25) is 0 Å². The molecule has 0 heterocycles. The van der Waals surface area contributed by atoms with Gasteiger partial charge in [0.1, 0.15) is 0 Å². The van der Waals surface area contributed by atoms with Gasteiger partial charge in [-0.1, -0.05) is 182 Å². The van der Waals surface area contributed by atoms with E-state index in [1.807, 2.05) is 25.2 Å². The van der Waals surface area contributed by atoms with Crippen LogP contribution in [0.15, 0.2) is 212 Å². The molecule has 0 aliphatic carbocycles. The molecule has 7 rings (SSSR count). The molecular weight excluding hydrogens is 1160 g/mol. The van der Waals surface area contributed by atoms with Crippen molar-refractivity contribution < 1.29 is 73.2 Å². The van der Waals surface area contributed by atoms with Crippen LogP contribution in [0, 0.1) is 6.65 Å². The van der Waals surface area contributed by atoms with Gasteiger partial charge in [-0.05, 0) is 47.7 Å². The quantitative estimate of drug-likeness (QED) is 0.0387. The largest absolute Gasteiger partial charge is 0.0622 e. The molecule has 0 fully saturated rings. The van der Waals surface area contributed by atoms with Crippen LogP contribution in [0.1, 0.15) is 5.56 Å². The van der Waals surface area contributed by atoms with E-state index in [-0.39, 0.29) is 0 Å². The van der Waals surface area contributed by atoms with Gasteiger partial charge in [-0.3, -0.25) is 4.55 Å². The summed E-state index contributed by atoms with van der Waals surface area (Å²) in [5.41, 5.74) is -9.97. The van der Waals surface area contributed by atoms with Gasteiger partial charge >= 0.3 is 111 Å². The topological polar surface area (TPSA) is 144 Å². The van der Waals surface area contributed by atoms with Gasteiger partial charge < -0.3 is 4.55 Å². The predicted octanol–water partition coefficient (Wildman–Crippen LogP) is 8.92. The summed E-state index contributed by atoms with van der Waals surface area (Å²) in [6, 6.07) is 74.8. The Morgan fingerprint density at radius 3 is 0.821 bits per heavy atom. The van der Waals surface area contributed by atoms with Gasteiger partial charge in [0.25, 0.3) is 0 Å². The number of alkyl halides is 6. The van der Waals surface area contributed by atoms with Crippen LogP contribution in [0.5, 0.6) is 0 Å². The normalized spacial score (nSPS) is 11.5. The molecule has 7 aromatic carbocycles. The van der Waals surface area contributed by atoms with E-state index in [0.717, 1.165) is 0 Å². The van der Waals surface area contributed by atoms with E-state index in [2.05, 4.69) is 206 Å². The smallest absolute Gasteiger partial charge is 0.0134 e. The van der Waals surface area contributed by atoms with Gasteiger partial charge in [0.15, 0.2) is 10.1 Å². The Balaban J connectivity index is 0.000000300. The van der Waals surface area contributed by atoms with Crippen molar-refractivity contribution >= 4 is 81.6 Å². The van der Waals surface area contributed by atoms with E-state index >= 15 is 0 Å². The first-order valence-corrected chi connectivity index (χ1v) is 28.5. The van der Waals surface area contributed by atoms with Crippen molar-refractivity contribution in [1.82, 2.24) is 5.32 Å². The van der Waals surface area contributed by atoms with Gasteiger partial charge in [0.05, 0.1) is 0 Å². The van der Waals surface area contributed by atoms with E-state index in [1.54, 1.807) is 0 Å². The monoisotopic (exact) mass is 1200 g/mol. The van der Waals surface area contributed by atoms with Gasteiger partial charge in [0.2, 0.25) is 0 Å². The molecule has 0 spiro atoms. The minimum Gasteiger partial charge on any atom is -0.0622 e. The van der Waals surface area contributed by atoms with Crippen LogP contribution in [-0.2, 0) is 41.1 Å². The average molecular weight is 1200 g/mol. The van der Waals surface area contributed by atoms with Crippen LogP contribution in [0.4, 0.5) is 26.3 Å². The summed E-state index contributed by atoms with van der Waals surface area (Å²) >= 11 is -0.480. The fourth-order valence-electron chi connectivity index (χ4n) is 5.15. The zero-order valence-corrected chi connectivity index (χ0v) is 41.4. The van der Waals surface area contributed by atoms with E-state index in [0.29, 0.717) is 0 Å². The Kier molecular flexibility index (Phi) is 26.1. The predicted molar refractivity (Wildman–Crippen MR) is 253 cm³/mol. The molecule has 0 unspecified atom stereocenters. The van der Waals surface area contributed by atoms with Gasteiger partial charge in [-0.15, -0.1) is 0 Å². The molecular formula is C47H40ClF6IrNO7P2S2-. The number of hydrogen-bond acceptors (Lipinski definition) is 6. The van der Waals surface area contributed by atoms with Crippen LogP contribution < -0.4 is 37.1 Å². The molecule has 0 radical (unpaired) electrons. The maximum absolute atomic E-state index is 10.7. The van der Waals surface area contributed by atoms with Crippen molar-refractivity contribution in [2.24, 2.45) is 0 Å². The summed E-state index contributed by atoms with van der Waals surface area (Å²) in [6.45, 7) is 4.50. The third kappa shape index (κ3) is 21.0. The first-order valence-electron chi connectivity index (χ1n) is 18.8. The van der Waals surface area contributed by atoms with E-state index in [9.17, 15) is 26.3 Å². The Morgan fingerprint density at radius 2 is 0.687 bits per heavy atom. The number of halogens is 7.